The molecule has 0 aromatic heterocycles. The van der Waals surface area contributed by atoms with E-state index in [0.717, 1.165) is 37.2 Å². The molecule has 2 heterocycles. The Balaban J connectivity index is 1.70. The zero-order valence-electron chi connectivity index (χ0n) is 12.9. The molecule has 1 saturated heterocycles. The van der Waals surface area contributed by atoms with E-state index in [1.54, 1.807) is 14.2 Å². The molecule has 1 aromatic rings. The van der Waals surface area contributed by atoms with Crippen molar-refractivity contribution in [3.8, 4) is 11.5 Å². The highest BCUT2D eigenvalue weighted by Crippen LogP contribution is 2.29. The SMILES string of the molecule is COc1ccc(C2=NOC(C(=O)N3CCCC3)C2)cc1OC. The van der Waals surface area contributed by atoms with Gasteiger partial charge in [-0.2, -0.15) is 0 Å². The van der Waals surface area contributed by atoms with E-state index in [1.165, 1.54) is 0 Å². The second kappa shape index (κ2) is 6.25. The van der Waals surface area contributed by atoms with Crippen molar-refractivity contribution in [2.45, 2.75) is 25.4 Å². The Labute approximate surface area is 129 Å². The molecular weight excluding hydrogens is 284 g/mol. The number of nitrogens with zero attached hydrogens (tertiary/aromatic N) is 2. The van der Waals surface area contributed by atoms with Gasteiger partial charge in [-0.1, -0.05) is 5.16 Å². The van der Waals surface area contributed by atoms with E-state index in [-0.39, 0.29) is 5.91 Å². The number of carbonyl (C=O) groups is 1. The van der Waals surface area contributed by atoms with Gasteiger partial charge in [0.05, 0.1) is 19.9 Å². The predicted octanol–water partition coefficient (Wildman–Crippen LogP) is 1.82. The van der Waals surface area contributed by atoms with Gasteiger partial charge in [0, 0.05) is 25.1 Å². The lowest BCUT2D eigenvalue weighted by atomic mass is 10.0. The van der Waals surface area contributed by atoms with Crippen molar-refractivity contribution in [2.75, 3.05) is 27.3 Å². The summed E-state index contributed by atoms with van der Waals surface area (Å²) in [7, 11) is 3.19. The molecule has 6 heteroatoms. The molecule has 1 aromatic carbocycles. The van der Waals surface area contributed by atoms with Crippen LogP contribution in [0.25, 0.3) is 0 Å². The molecule has 0 aliphatic carbocycles. The van der Waals surface area contributed by atoms with Crippen molar-refractivity contribution >= 4 is 11.6 Å². The minimum Gasteiger partial charge on any atom is -0.493 e. The number of oxime groups is 1. The molecule has 1 atom stereocenters. The fourth-order valence-corrected chi connectivity index (χ4v) is 2.84. The summed E-state index contributed by atoms with van der Waals surface area (Å²) in [5.41, 5.74) is 1.65. The first-order chi connectivity index (χ1) is 10.7. The first-order valence-electron chi connectivity index (χ1n) is 7.47. The summed E-state index contributed by atoms with van der Waals surface area (Å²) in [4.78, 5) is 19.5. The van der Waals surface area contributed by atoms with Crippen LogP contribution in [0.4, 0.5) is 0 Å². The van der Waals surface area contributed by atoms with E-state index in [9.17, 15) is 4.79 Å². The molecule has 0 saturated carbocycles. The second-order valence-corrected chi connectivity index (χ2v) is 5.44. The highest BCUT2D eigenvalue weighted by atomic mass is 16.6. The third kappa shape index (κ3) is 2.73. The van der Waals surface area contributed by atoms with E-state index in [4.69, 9.17) is 14.3 Å². The van der Waals surface area contributed by atoms with Gasteiger partial charge in [-0.3, -0.25) is 4.79 Å². The van der Waals surface area contributed by atoms with Crippen LogP contribution in [-0.2, 0) is 9.63 Å². The number of carbonyl (C=O) groups excluding carboxylic acids is 1. The largest absolute Gasteiger partial charge is 0.493 e. The highest BCUT2D eigenvalue weighted by Gasteiger charge is 2.33. The van der Waals surface area contributed by atoms with Gasteiger partial charge in [0.2, 0.25) is 6.10 Å². The Morgan fingerprint density at radius 3 is 2.64 bits per heavy atom. The van der Waals surface area contributed by atoms with Crippen LogP contribution in [0.15, 0.2) is 23.4 Å². The van der Waals surface area contributed by atoms with Crippen molar-refractivity contribution in [3.63, 3.8) is 0 Å². The van der Waals surface area contributed by atoms with Crippen molar-refractivity contribution in [1.82, 2.24) is 4.90 Å². The second-order valence-electron chi connectivity index (χ2n) is 5.44. The average molecular weight is 304 g/mol. The van der Waals surface area contributed by atoms with Crippen LogP contribution in [0, 0.1) is 0 Å². The highest BCUT2D eigenvalue weighted by molar-refractivity contribution is 6.04. The lowest BCUT2D eigenvalue weighted by molar-refractivity contribution is -0.140. The number of rotatable bonds is 4. The third-order valence-electron chi connectivity index (χ3n) is 4.08. The van der Waals surface area contributed by atoms with E-state index in [0.29, 0.717) is 17.9 Å². The number of hydrogen-bond donors (Lipinski definition) is 0. The number of methoxy groups -OCH3 is 2. The van der Waals surface area contributed by atoms with Gasteiger partial charge in [0.25, 0.3) is 5.91 Å². The molecule has 1 unspecified atom stereocenters. The Bertz CT molecular complexity index is 594. The lowest BCUT2D eigenvalue weighted by Crippen LogP contribution is -2.37. The maximum absolute atomic E-state index is 12.3. The number of likely N-dealkylation sites (tertiary alicyclic amines) is 1. The van der Waals surface area contributed by atoms with Crippen LogP contribution in [-0.4, -0.2) is 49.9 Å². The number of ether oxygens (including phenoxy) is 2. The fourth-order valence-electron chi connectivity index (χ4n) is 2.84. The molecule has 6 nitrogen and oxygen atoms in total. The maximum Gasteiger partial charge on any atom is 0.266 e. The zero-order valence-corrected chi connectivity index (χ0v) is 12.9. The Morgan fingerprint density at radius 1 is 1.23 bits per heavy atom. The fraction of sp³-hybridized carbons (Fsp3) is 0.500. The first kappa shape index (κ1) is 14.7. The van der Waals surface area contributed by atoms with Gasteiger partial charge in [0.1, 0.15) is 0 Å². The Hall–Kier alpha value is -2.24. The van der Waals surface area contributed by atoms with E-state index in [2.05, 4.69) is 5.16 Å². The molecule has 118 valence electrons. The molecule has 22 heavy (non-hydrogen) atoms. The summed E-state index contributed by atoms with van der Waals surface area (Å²) in [6.07, 6.45) is 2.13. The normalized spacial score (nSPS) is 20.5. The Kier molecular flexibility index (Phi) is 4.18. The summed E-state index contributed by atoms with van der Waals surface area (Å²) < 4.78 is 10.5. The lowest BCUT2D eigenvalue weighted by Gasteiger charge is -2.18. The van der Waals surface area contributed by atoms with Gasteiger partial charge in [-0.25, -0.2) is 0 Å². The van der Waals surface area contributed by atoms with E-state index >= 15 is 0 Å². The molecule has 0 bridgehead atoms. The van der Waals surface area contributed by atoms with Crippen molar-refractivity contribution < 1.29 is 19.1 Å². The van der Waals surface area contributed by atoms with Gasteiger partial charge < -0.3 is 19.2 Å². The quantitative estimate of drug-likeness (QED) is 0.851. The van der Waals surface area contributed by atoms with Gasteiger partial charge >= 0.3 is 0 Å². The smallest absolute Gasteiger partial charge is 0.266 e. The van der Waals surface area contributed by atoms with Crippen LogP contribution in [0.1, 0.15) is 24.8 Å². The summed E-state index contributed by atoms with van der Waals surface area (Å²) in [6, 6.07) is 5.57. The van der Waals surface area contributed by atoms with Gasteiger partial charge in [-0.05, 0) is 31.0 Å². The molecular formula is C16H20N2O4. The Morgan fingerprint density at radius 2 is 1.95 bits per heavy atom. The van der Waals surface area contributed by atoms with E-state index < -0.39 is 6.10 Å². The summed E-state index contributed by atoms with van der Waals surface area (Å²) in [6.45, 7) is 1.65. The van der Waals surface area contributed by atoms with Gasteiger partial charge in [-0.15, -0.1) is 0 Å². The van der Waals surface area contributed by atoms with Crippen LogP contribution < -0.4 is 9.47 Å². The van der Waals surface area contributed by atoms with Gasteiger partial charge in [0.15, 0.2) is 11.5 Å². The van der Waals surface area contributed by atoms with Crippen molar-refractivity contribution in [2.24, 2.45) is 5.16 Å². The molecule has 2 aliphatic rings. The minimum atomic E-state index is -0.499. The zero-order chi connectivity index (χ0) is 15.5. The molecule has 1 amide bonds. The molecule has 0 radical (unpaired) electrons. The van der Waals surface area contributed by atoms with Crippen LogP contribution in [0.5, 0.6) is 11.5 Å². The van der Waals surface area contributed by atoms with Crippen molar-refractivity contribution in [1.29, 1.82) is 0 Å². The number of hydrogen-bond acceptors (Lipinski definition) is 5. The van der Waals surface area contributed by atoms with Crippen LogP contribution in [0.2, 0.25) is 0 Å². The predicted molar refractivity (Wildman–Crippen MR) is 81.4 cm³/mol. The van der Waals surface area contributed by atoms with Crippen molar-refractivity contribution in [3.05, 3.63) is 23.8 Å². The first-order valence-corrected chi connectivity index (χ1v) is 7.47. The minimum absolute atomic E-state index is 0.0386. The molecule has 0 N–H and O–H groups in total. The standard InChI is InChI=1S/C16H20N2O4/c1-20-13-6-5-11(9-14(13)21-2)12-10-15(22-17-12)16(19)18-7-3-4-8-18/h5-6,9,15H,3-4,7-8,10H2,1-2H3. The maximum atomic E-state index is 12.3. The van der Waals surface area contributed by atoms with Crippen LogP contribution in [0.3, 0.4) is 0 Å². The molecule has 0 spiro atoms. The molecule has 3 rings (SSSR count). The monoisotopic (exact) mass is 304 g/mol. The number of benzene rings is 1. The summed E-state index contributed by atoms with van der Waals surface area (Å²) in [5, 5.41) is 4.08. The van der Waals surface area contributed by atoms with Crippen LogP contribution >= 0.6 is 0 Å². The average Bonchev–Trinajstić information content (AvgIpc) is 3.25. The number of amides is 1. The summed E-state index contributed by atoms with van der Waals surface area (Å²) >= 11 is 0. The topological polar surface area (TPSA) is 60.4 Å². The van der Waals surface area contributed by atoms with E-state index in [1.807, 2.05) is 23.1 Å². The molecule has 1 fully saturated rings. The third-order valence-corrected chi connectivity index (χ3v) is 4.08. The molecule has 2 aliphatic heterocycles. The summed E-state index contributed by atoms with van der Waals surface area (Å²) in [5.74, 6) is 1.34.